The fourth-order valence-corrected chi connectivity index (χ4v) is 1.42. The number of rotatable bonds is 0. The van der Waals surface area contributed by atoms with Gasteiger partial charge in [0.25, 0.3) is 11.8 Å². The van der Waals surface area contributed by atoms with E-state index in [1.54, 1.807) is 0 Å². The molecule has 0 aromatic heterocycles. The highest BCUT2D eigenvalue weighted by Crippen LogP contribution is 2.26. The molecular weight excluding hydrogens is 148 g/mol. The molecule has 2 atom stereocenters. The number of hydrazine groups is 1. The normalized spacial score (nSPS) is 36.6. The second kappa shape index (κ2) is 2.02. The summed E-state index contributed by atoms with van der Waals surface area (Å²) < 4.78 is 5.07. The Balaban J connectivity index is 2.30. The zero-order valence-corrected chi connectivity index (χ0v) is 5.82. The Morgan fingerprint density at radius 2 is 1.73 bits per heavy atom. The van der Waals surface area contributed by atoms with Crippen molar-refractivity contribution in [3.63, 3.8) is 0 Å². The molecule has 0 aromatic rings. The first-order valence-corrected chi connectivity index (χ1v) is 3.48. The van der Waals surface area contributed by atoms with Gasteiger partial charge in [-0.25, -0.2) is 10.9 Å². The average molecular weight is 156 g/mol. The van der Waals surface area contributed by atoms with Gasteiger partial charge in [-0.2, -0.15) is 0 Å². The molecule has 2 saturated heterocycles. The van der Waals surface area contributed by atoms with E-state index in [1.165, 1.54) is 0 Å². The smallest absolute Gasteiger partial charge is 0.272 e. The third-order valence-electron chi connectivity index (χ3n) is 2.05. The summed E-state index contributed by atoms with van der Waals surface area (Å²) in [6.07, 6.45) is 0.289. The number of carbonyl (C=O) groups excluding carboxylic acids is 2. The van der Waals surface area contributed by atoms with Crippen LogP contribution in [0.2, 0.25) is 0 Å². The van der Waals surface area contributed by atoms with Crippen molar-refractivity contribution in [2.24, 2.45) is 5.84 Å². The van der Waals surface area contributed by atoms with Crippen LogP contribution in [0.1, 0.15) is 12.8 Å². The minimum atomic E-state index is -0.470. The predicted octanol–water partition coefficient (Wildman–Crippen LogP) is -1.22. The van der Waals surface area contributed by atoms with E-state index < -0.39 is 24.0 Å². The second-order valence-corrected chi connectivity index (χ2v) is 2.74. The molecule has 0 aliphatic carbocycles. The molecule has 2 aliphatic heterocycles. The molecule has 11 heavy (non-hydrogen) atoms. The molecule has 2 N–H and O–H groups in total. The Kier molecular flexibility index (Phi) is 1.24. The Morgan fingerprint density at radius 1 is 1.27 bits per heavy atom. The Morgan fingerprint density at radius 3 is 2.18 bits per heavy atom. The third-order valence-corrected chi connectivity index (χ3v) is 2.05. The zero-order chi connectivity index (χ0) is 8.01. The maximum absolute atomic E-state index is 11.0. The van der Waals surface area contributed by atoms with Gasteiger partial charge in [0.2, 0.25) is 0 Å². The largest absolute Gasteiger partial charge is 0.355 e. The van der Waals surface area contributed by atoms with E-state index in [0.29, 0.717) is 17.9 Å². The van der Waals surface area contributed by atoms with E-state index in [4.69, 9.17) is 10.6 Å². The lowest BCUT2D eigenvalue weighted by molar-refractivity contribution is -0.168. The number of ether oxygens (including phenoxy) is 1. The van der Waals surface area contributed by atoms with Crippen molar-refractivity contribution in [3.8, 4) is 0 Å². The van der Waals surface area contributed by atoms with Gasteiger partial charge >= 0.3 is 0 Å². The van der Waals surface area contributed by atoms with Gasteiger partial charge in [-0.05, 0) is 12.8 Å². The highest BCUT2D eigenvalue weighted by Gasteiger charge is 2.45. The number of morpholine rings is 1. The highest BCUT2D eigenvalue weighted by atomic mass is 16.5. The lowest BCUT2D eigenvalue weighted by Gasteiger charge is -2.25. The van der Waals surface area contributed by atoms with E-state index in [1.807, 2.05) is 0 Å². The molecule has 5 heteroatoms. The summed E-state index contributed by atoms with van der Waals surface area (Å²) in [6, 6.07) is 0. The maximum Gasteiger partial charge on any atom is 0.272 e. The molecule has 2 rings (SSSR count). The van der Waals surface area contributed by atoms with Gasteiger partial charge in [0.1, 0.15) is 12.2 Å². The second-order valence-electron chi connectivity index (χ2n) is 2.74. The molecule has 2 aliphatic rings. The number of imide groups is 1. The molecule has 0 saturated carbocycles. The van der Waals surface area contributed by atoms with E-state index in [-0.39, 0.29) is 0 Å². The topological polar surface area (TPSA) is 72.6 Å². The van der Waals surface area contributed by atoms with E-state index in [0.717, 1.165) is 0 Å². The van der Waals surface area contributed by atoms with Crippen LogP contribution in [0.5, 0.6) is 0 Å². The Labute approximate surface area is 63.1 Å². The number of nitrogens with two attached hydrogens (primary N) is 1. The van der Waals surface area contributed by atoms with Gasteiger partial charge in [-0.3, -0.25) is 9.59 Å². The Hall–Kier alpha value is -0.940. The van der Waals surface area contributed by atoms with Crippen molar-refractivity contribution in [1.29, 1.82) is 0 Å². The van der Waals surface area contributed by atoms with Crippen LogP contribution in [0.25, 0.3) is 0 Å². The monoisotopic (exact) mass is 156 g/mol. The molecule has 0 spiro atoms. The quantitative estimate of drug-likeness (QED) is 0.271. The molecule has 0 aromatic carbocycles. The molecule has 5 nitrogen and oxygen atoms in total. The van der Waals surface area contributed by atoms with Crippen molar-refractivity contribution in [2.75, 3.05) is 0 Å². The fourth-order valence-electron chi connectivity index (χ4n) is 1.42. The predicted molar refractivity (Wildman–Crippen MR) is 33.9 cm³/mol. The van der Waals surface area contributed by atoms with Crippen LogP contribution in [-0.4, -0.2) is 29.0 Å². The first-order chi connectivity index (χ1) is 5.20. The van der Waals surface area contributed by atoms with Gasteiger partial charge in [-0.1, -0.05) is 0 Å². The van der Waals surface area contributed by atoms with Gasteiger partial charge in [-0.15, -0.1) is 0 Å². The van der Waals surface area contributed by atoms with Gasteiger partial charge in [0.05, 0.1) is 0 Å². The van der Waals surface area contributed by atoms with Crippen LogP contribution in [0.4, 0.5) is 0 Å². The number of hydrogen-bond acceptors (Lipinski definition) is 4. The van der Waals surface area contributed by atoms with Crippen LogP contribution in [0, 0.1) is 0 Å². The zero-order valence-electron chi connectivity index (χ0n) is 5.82. The van der Waals surface area contributed by atoms with Crippen LogP contribution < -0.4 is 5.84 Å². The van der Waals surface area contributed by atoms with Crippen molar-refractivity contribution in [2.45, 2.75) is 25.0 Å². The van der Waals surface area contributed by atoms with Crippen LogP contribution in [0.15, 0.2) is 0 Å². The standard InChI is InChI=1S/C6H8N2O3/c7-8-5(9)3-1-2-4(11-3)6(8)10/h3-4H,1-2,7H2. The molecule has 2 fully saturated rings. The summed E-state index contributed by atoms with van der Waals surface area (Å²) in [5.74, 6) is 4.37. The summed E-state index contributed by atoms with van der Waals surface area (Å²) >= 11 is 0. The molecule has 2 heterocycles. The average Bonchev–Trinajstić information content (AvgIpc) is 2.44. The fraction of sp³-hybridized carbons (Fsp3) is 0.667. The molecule has 60 valence electrons. The van der Waals surface area contributed by atoms with Crippen molar-refractivity contribution in [3.05, 3.63) is 0 Å². The molecule has 2 unspecified atom stereocenters. The summed E-state index contributed by atoms with van der Waals surface area (Å²) in [5, 5.41) is 0.672. The lowest BCUT2D eigenvalue weighted by atomic mass is 10.2. The molecular formula is C6H8N2O3. The summed E-state index contributed by atoms with van der Waals surface area (Å²) in [5.41, 5.74) is 0. The van der Waals surface area contributed by atoms with Gasteiger partial charge < -0.3 is 4.74 Å². The maximum atomic E-state index is 11.0. The third kappa shape index (κ3) is 0.780. The summed E-state index contributed by atoms with van der Waals surface area (Å²) in [7, 11) is 0. The van der Waals surface area contributed by atoms with Gasteiger partial charge in [0, 0.05) is 0 Å². The minimum Gasteiger partial charge on any atom is -0.355 e. The minimum absolute atomic E-state index is 0.413. The number of nitrogens with zero attached hydrogens (tertiary/aromatic N) is 1. The van der Waals surface area contributed by atoms with Crippen LogP contribution >= 0.6 is 0 Å². The lowest BCUT2D eigenvalue weighted by Crippen LogP contribution is -2.55. The highest BCUT2D eigenvalue weighted by molar-refractivity contribution is 6.01. The van der Waals surface area contributed by atoms with Crippen molar-refractivity contribution < 1.29 is 14.3 Å². The van der Waals surface area contributed by atoms with Crippen LogP contribution in [-0.2, 0) is 14.3 Å². The van der Waals surface area contributed by atoms with E-state index in [2.05, 4.69) is 0 Å². The first-order valence-electron chi connectivity index (χ1n) is 3.48. The van der Waals surface area contributed by atoms with Crippen LogP contribution in [0.3, 0.4) is 0 Å². The van der Waals surface area contributed by atoms with Gasteiger partial charge in [0.15, 0.2) is 0 Å². The SMILES string of the molecule is NN1C(=O)C2CCC(O2)C1=O. The van der Waals surface area contributed by atoms with Crippen molar-refractivity contribution in [1.82, 2.24) is 5.01 Å². The summed E-state index contributed by atoms with van der Waals surface area (Å²) in [4.78, 5) is 22.1. The molecule has 0 radical (unpaired) electrons. The molecule has 2 amide bonds. The number of fused-ring (bicyclic) bond motifs is 2. The number of carbonyl (C=O) groups is 2. The first kappa shape index (κ1) is 6.75. The van der Waals surface area contributed by atoms with E-state index in [9.17, 15) is 9.59 Å². The van der Waals surface area contributed by atoms with E-state index >= 15 is 0 Å². The van der Waals surface area contributed by atoms with Crippen molar-refractivity contribution >= 4 is 11.8 Å². The number of amides is 2. The molecule has 2 bridgehead atoms. The summed E-state index contributed by atoms with van der Waals surface area (Å²) in [6.45, 7) is 0. The Bertz CT molecular complexity index is 206. The number of hydrogen-bond donors (Lipinski definition) is 1.